The Kier molecular flexibility index (Phi) is 4.72. The Balaban J connectivity index is 2.37. The van der Waals surface area contributed by atoms with Crippen molar-refractivity contribution >= 4 is 23.2 Å². The first-order valence-electron chi connectivity index (χ1n) is 6.81. The van der Waals surface area contributed by atoms with Gasteiger partial charge in [-0.05, 0) is 31.2 Å². The van der Waals surface area contributed by atoms with Crippen LogP contribution in [0, 0.1) is 0 Å². The average molecular weight is 282 g/mol. The first kappa shape index (κ1) is 14.8. The van der Waals surface area contributed by atoms with Crippen molar-refractivity contribution in [3.05, 3.63) is 60.7 Å². The van der Waals surface area contributed by atoms with E-state index in [-0.39, 0.29) is 11.8 Å². The van der Waals surface area contributed by atoms with E-state index in [4.69, 9.17) is 0 Å². The van der Waals surface area contributed by atoms with Gasteiger partial charge >= 0.3 is 0 Å². The fourth-order valence-electron chi connectivity index (χ4n) is 2.12. The molecule has 21 heavy (non-hydrogen) atoms. The zero-order valence-corrected chi connectivity index (χ0v) is 12.1. The molecule has 0 bridgehead atoms. The second kappa shape index (κ2) is 6.70. The first-order valence-corrected chi connectivity index (χ1v) is 6.81. The maximum Gasteiger partial charge on any atom is 0.253 e. The van der Waals surface area contributed by atoms with Gasteiger partial charge in [-0.15, -0.1) is 0 Å². The number of hydrogen-bond acceptors (Lipinski definition) is 2. The van der Waals surface area contributed by atoms with Crippen molar-refractivity contribution in [2.75, 3.05) is 4.90 Å². The van der Waals surface area contributed by atoms with Crippen molar-refractivity contribution in [1.29, 1.82) is 0 Å². The molecule has 2 aromatic rings. The van der Waals surface area contributed by atoms with E-state index in [1.54, 1.807) is 11.8 Å². The summed E-state index contributed by atoms with van der Waals surface area (Å²) in [6.07, 6.45) is 0. The van der Waals surface area contributed by atoms with E-state index in [1.807, 2.05) is 60.7 Å². The van der Waals surface area contributed by atoms with Gasteiger partial charge < -0.3 is 5.32 Å². The molecular weight excluding hydrogens is 264 g/mol. The SMILES string of the molecule is CC(=O)NC(C)C(=O)N(c1ccccc1)c1ccccc1. The van der Waals surface area contributed by atoms with E-state index >= 15 is 0 Å². The summed E-state index contributed by atoms with van der Waals surface area (Å²) in [5.74, 6) is -0.403. The van der Waals surface area contributed by atoms with Gasteiger partial charge in [0.1, 0.15) is 6.04 Å². The normalized spacial score (nSPS) is 11.5. The molecule has 4 nitrogen and oxygen atoms in total. The van der Waals surface area contributed by atoms with Crippen LogP contribution >= 0.6 is 0 Å². The van der Waals surface area contributed by atoms with Crippen LogP contribution in [0.25, 0.3) is 0 Å². The Morgan fingerprint density at radius 1 is 0.905 bits per heavy atom. The summed E-state index contributed by atoms with van der Waals surface area (Å²) >= 11 is 0. The van der Waals surface area contributed by atoms with Crippen LogP contribution in [0.4, 0.5) is 11.4 Å². The van der Waals surface area contributed by atoms with Gasteiger partial charge in [0, 0.05) is 18.3 Å². The van der Waals surface area contributed by atoms with Crippen LogP contribution in [-0.2, 0) is 9.59 Å². The molecule has 1 atom stereocenters. The number of para-hydroxylation sites is 2. The van der Waals surface area contributed by atoms with Gasteiger partial charge in [-0.1, -0.05) is 36.4 Å². The van der Waals surface area contributed by atoms with Crippen molar-refractivity contribution in [1.82, 2.24) is 5.32 Å². The van der Waals surface area contributed by atoms with Crippen LogP contribution in [0.5, 0.6) is 0 Å². The van der Waals surface area contributed by atoms with E-state index in [0.717, 1.165) is 11.4 Å². The highest BCUT2D eigenvalue weighted by Crippen LogP contribution is 2.25. The van der Waals surface area contributed by atoms with Crippen molar-refractivity contribution in [3.8, 4) is 0 Å². The van der Waals surface area contributed by atoms with Crippen LogP contribution < -0.4 is 10.2 Å². The fraction of sp³-hybridized carbons (Fsp3) is 0.176. The fourth-order valence-corrected chi connectivity index (χ4v) is 2.12. The summed E-state index contributed by atoms with van der Waals surface area (Å²) in [4.78, 5) is 25.5. The lowest BCUT2D eigenvalue weighted by Gasteiger charge is -2.26. The van der Waals surface area contributed by atoms with Crippen molar-refractivity contribution in [3.63, 3.8) is 0 Å². The second-order valence-corrected chi connectivity index (χ2v) is 4.77. The lowest BCUT2D eigenvalue weighted by atomic mass is 10.2. The molecule has 0 aliphatic rings. The zero-order chi connectivity index (χ0) is 15.2. The van der Waals surface area contributed by atoms with Crippen LogP contribution in [0.2, 0.25) is 0 Å². The van der Waals surface area contributed by atoms with Crippen LogP contribution in [0.1, 0.15) is 13.8 Å². The van der Waals surface area contributed by atoms with Crippen molar-refractivity contribution < 1.29 is 9.59 Å². The first-order chi connectivity index (χ1) is 10.1. The summed E-state index contributed by atoms with van der Waals surface area (Å²) in [6, 6.07) is 18.2. The van der Waals surface area contributed by atoms with Crippen molar-refractivity contribution in [2.24, 2.45) is 0 Å². The summed E-state index contributed by atoms with van der Waals surface area (Å²) in [7, 11) is 0. The summed E-state index contributed by atoms with van der Waals surface area (Å²) in [5, 5.41) is 2.63. The smallest absolute Gasteiger partial charge is 0.253 e. The van der Waals surface area contributed by atoms with E-state index < -0.39 is 6.04 Å². The maximum absolute atomic E-state index is 12.7. The third kappa shape index (κ3) is 3.69. The van der Waals surface area contributed by atoms with E-state index in [9.17, 15) is 9.59 Å². The predicted octanol–water partition coefficient (Wildman–Crippen LogP) is 2.88. The number of rotatable bonds is 4. The minimum absolute atomic E-state index is 0.178. The van der Waals surface area contributed by atoms with Gasteiger partial charge in [-0.25, -0.2) is 0 Å². The highest BCUT2D eigenvalue weighted by Gasteiger charge is 2.23. The number of nitrogens with zero attached hydrogens (tertiary/aromatic N) is 1. The molecule has 0 heterocycles. The van der Waals surface area contributed by atoms with Crippen molar-refractivity contribution in [2.45, 2.75) is 19.9 Å². The number of benzene rings is 2. The number of hydrogen-bond donors (Lipinski definition) is 1. The van der Waals surface area contributed by atoms with E-state index in [1.165, 1.54) is 6.92 Å². The van der Waals surface area contributed by atoms with Gasteiger partial charge in [0.2, 0.25) is 5.91 Å². The summed E-state index contributed by atoms with van der Waals surface area (Å²) < 4.78 is 0. The summed E-state index contributed by atoms with van der Waals surface area (Å²) in [6.45, 7) is 3.09. The number of carbonyl (C=O) groups is 2. The third-order valence-corrected chi connectivity index (χ3v) is 3.04. The molecule has 0 saturated carbocycles. The molecule has 0 radical (unpaired) electrons. The minimum atomic E-state index is -0.595. The molecule has 1 unspecified atom stereocenters. The Hall–Kier alpha value is -2.62. The molecule has 0 aromatic heterocycles. The molecule has 2 amide bonds. The topological polar surface area (TPSA) is 49.4 Å². The Labute approximate surface area is 124 Å². The molecular formula is C17H18N2O2. The molecule has 0 spiro atoms. The Morgan fingerprint density at radius 2 is 1.33 bits per heavy atom. The monoisotopic (exact) mass is 282 g/mol. The highest BCUT2D eigenvalue weighted by atomic mass is 16.2. The number of amides is 2. The van der Waals surface area contributed by atoms with Crippen LogP contribution in [-0.4, -0.2) is 17.9 Å². The number of carbonyl (C=O) groups excluding carboxylic acids is 2. The van der Waals surface area contributed by atoms with Gasteiger partial charge in [0.15, 0.2) is 0 Å². The molecule has 2 rings (SSSR count). The summed E-state index contributed by atoms with van der Waals surface area (Å²) in [5.41, 5.74) is 1.54. The second-order valence-electron chi connectivity index (χ2n) is 4.77. The zero-order valence-electron chi connectivity index (χ0n) is 12.1. The number of nitrogens with one attached hydrogen (secondary N) is 1. The molecule has 108 valence electrons. The maximum atomic E-state index is 12.7. The van der Waals surface area contributed by atoms with Gasteiger partial charge in [-0.2, -0.15) is 0 Å². The molecule has 0 aliphatic heterocycles. The number of anilines is 2. The quantitative estimate of drug-likeness (QED) is 0.937. The van der Waals surface area contributed by atoms with E-state index in [0.29, 0.717) is 0 Å². The standard InChI is InChI=1S/C17H18N2O2/c1-13(18-14(2)20)17(21)19(15-9-5-3-6-10-15)16-11-7-4-8-12-16/h3-13H,1-2H3,(H,18,20). The Bertz CT molecular complexity index is 572. The molecule has 1 N–H and O–H groups in total. The predicted molar refractivity (Wildman–Crippen MR) is 83.3 cm³/mol. The lowest BCUT2D eigenvalue weighted by Crippen LogP contribution is -2.44. The van der Waals surface area contributed by atoms with Gasteiger partial charge in [0.25, 0.3) is 5.91 Å². The molecule has 0 aliphatic carbocycles. The van der Waals surface area contributed by atoms with E-state index in [2.05, 4.69) is 5.32 Å². The van der Waals surface area contributed by atoms with Crippen LogP contribution in [0.15, 0.2) is 60.7 Å². The Morgan fingerprint density at radius 3 is 1.71 bits per heavy atom. The molecule has 0 fully saturated rings. The highest BCUT2D eigenvalue weighted by molar-refractivity contribution is 6.04. The minimum Gasteiger partial charge on any atom is -0.345 e. The van der Waals surface area contributed by atoms with Gasteiger partial charge in [-0.3, -0.25) is 14.5 Å². The molecule has 0 saturated heterocycles. The molecule has 2 aromatic carbocycles. The lowest BCUT2D eigenvalue weighted by molar-refractivity contribution is -0.125. The largest absolute Gasteiger partial charge is 0.345 e. The van der Waals surface area contributed by atoms with Gasteiger partial charge in [0.05, 0.1) is 0 Å². The third-order valence-electron chi connectivity index (χ3n) is 3.04. The van der Waals surface area contributed by atoms with Crippen LogP contribution in [0.3, 0.4) is 0 Å². The average Bonchev–Trinajstić information content (AvgIpc) is 2.49. The molecule has 4 heteroatoms.